The molecule has 0 bridgehead atoms. The van der Waals surface area contributed by atoms with E-state index >= 15 is 0 Å². The van der Waals surface area contributed by atoms with Gasteiger partial charge in [-0.2, -0.15) is 0 Å². The second-order valence-electron chi connectivity index (χ2n) is 5.05. The van der Waals surface area contributed by atoms with Crippen LogP contribution in [0, 0.1) is 12.3 Å². The Balaban J connectivity index is 2.66. The fraction of sp³-hybridized carbons (Fsp3) is 0.462. The molecule has 1 aromatic rings. The summed E-state index contributed by atoms with van der Waals surface area (Å²) in [6, 6.07) is 5.63. The Morgan fingerprint density at radius 3 is 2.71 bits per heavy atom. The average Bonchev–Trinajstić information content (AvgIpc) is 2.17. The molecule has 0 unspecified atom stereocenters. The van der Waals surface area contributed by atoms with Gasteiger partial charge in [0.15, 0.2) is 0 Å². The summed E-state index contributed by atoms with van der Waals surface area (Å²) in [6.45, 7) is 6.44. The highest BCUT2D eigenvalue weighted by molar-refractivity contribution is 6.30. The number of halogens is 1. The topological polar surface area (TPSA) is 49.3 Å². The number of nitrogens with one attached hydrogen (secondary N) is 1. The van der Waals surface area contributed by atoms with Crippen LogP contribution in [0.3, 0.4) is 0 Å². The molecule has 0 atom stereocenters. The average molecular weight is 256 g/mol. The third-order valence-corrected chi connectivity index (χ3v) is 2.82. The Morgan fingerprint density at radius 1 is 1.47 bits per heavy atom. The number of benzene rings is 1. The van der Waals surface area contributed by atoms with Crippen LogP contribution in [0.15, 0.2) is 18.2 Å². The van der Waals surface area contributed by atoms with Crippen molar-refractivity contribution in [1.82, 2.24) is 0 Å². The standard InChI is InChI=1S/C13H18ClNO2/c1-9-4-5-10(14)6-11(9)15-8-13(2,3)7-12(16)17/h4-6,15H,7-8H2,1-3H3,(H,16,17). The van der Waals surface area contributed by atoms with Gasteiger partial charge in [-0.25, -0.2) is 0 Å². The van der Waals surface area contributed by atoms with Gasteiger partial charge in [0.1, 0.15) is 0 Å². The molecular formula is C13H18ClNO2. The monoisotopic (exact) mass is 255 g/mol. The lowest BCUT2D eigenvalue weighted by Crippen LogP contribution is -2.26. The zero-order valence-electron chi connectivity index (χ0n) is 10.4. The van der Waals surface area contributed by atoms with E-state index in [0.717, 1.165) is 11.3 Å². The van der Waals surface area contributed by atoms with Crippen LogP contribution in [0.25, 0.3) is 0 Å². The number of carboxylic acids is 1. The van der Waals surface area contributed by atoms with Gasteiger partial charge in [-0.1, -0.05) is 31.5 Å². The van der Waals surface area contributed by atoms with Crippen LogP contribution in [0.2, 0.25) is 5.02 Å². The molecule has 2 N–H and O–H groups in total. The van der Waals surface area contributed by atoms with Crippen molar-refractivity contribution in [1.29, 1.82) is 0 Å². The second-order valence-corrected chi connectivity index (χ2v) is 5.48. The van der Waals surface area contributed by atoms with Crippen LogP contribution >= 0.6 is 11.6 Å². The lowest BCUT2D eigenvalue weighted by Gasteiger charge is -2.24. The maximum absolute atomic E-state index is 10.7. The Kier molecular flexibility index (Phi) is 4.40. The third-order valence-electron chi connectivity index (χ3n) is 2.59. The summed E-state index contributed by atoms with van der Waals surface area (Å²) in [4.78, 5) is 10.7. The van der Waals surface area contributed by atoms with Crippen molar-refractivity contribution < 1.29 is 9.90 Å². The van der Waals surface area contributed by atoms with Crippen molar-refractivity contribution in [3.8, 4) is 0 Å². The largest absolute Gasteiger partial charge is 0.481 e. The van der Waals surface area contributed by atoms with Crippen LogP contribution in [0.1, 0.15) is 25.8 Å². The minimum absolute atomic E-state index is 0.139. The molecule has 1 aromatic carbocycles. The summed E-state index contributed by atoms with van der Waals surface area (Å²) in [7, 11) is 0. The van der Waals surface area contributed by atoms with Crippen LogP contribution in [-0.2, 0) is 4.79 Å². The summed E-state index contributed by atoms with van der Waals surface area (Å²) in [5.74, 6) is -0.778. The van der Waals surface area contributed by atoms with Crippen molar-refractivity contribution >= 4 is 23.3 Å². The van der Waals surface area contributed by atoms with Gasteiger partial charge in [-0.3, -0.25) is 4.79 Å². The zero-order chi connectivity index (χ0) is 13.1. The van der Waals surface area contributed by atoms with Crippen LogP contribution in [0.4, 0.5) is 5.69 Å². The van der Waals surface area contributed by atoms with Crippen molar-refractivity contribution in [2.75, 3.05) is 11.9 Å². The van der Waals surface area contributed by atoms with E-state index in [9.17, 15) is 4.79 Å². The minimum atomic E-state index is -0.778. The molecule has 3 nitrogen and oxygen atoms in total. The van der Waals surface area contributed by atoms with Crippen molar-refractivity contribution in [2.45, 2.75) is 27.2 Å². The fourth-order valence-corrected chi connectivity index (χ4v) is 1.76. The Morgan fingerprint density at radius 2 is 2.12 bits per heavy atom. The molecule has 0 aliphatic heterocycles. The number of carbonyl (C=O) groups is 1. The number of anilines is 1. The van der Waals surface area contributed by atoms with E-state index in [1.807, 2.05) is 39.0 Å². The number of hydrogen-bond donors (Lipinski definition) is 2. The van der Waals surface area contributed by atoms with Gasteiger partial charge in [0.2, 0.25) is 0 Å². The normalized spacial score (nSPS) is 11.3. The van der Waals surface area contributed by atoms with E-state index in [-0.39, 0.29) is 11.8 Å². The fourth-order valence-electron chi connectivity index (χ4n) is 1.59. The lowest BCUT2D eigenvalue weighted by molar-refractivity contribution is -0.139. The molecule has 0 saturated carbocycles. The van der Waals surface area contributed by atoms with Gasteiger partial charge < -0.3 is 10.4 Å². The van der Waals surface area contributed by atoms with E-state index < -0.39 is 5.97 Å². The quantitative estimate of drug-likeness (QED) is 0.846. The van der Waals surface area contributed by atoms with E-state index in [2.05, 4.69) is 5.32 Å². The molecule has 0 heterocycles. The van der Waals surface area contributed by atoms with E-state index in [4.69, 9.17) is 16.7 Å². The van der Waals surface area contributed by atoms with Gasteiger partial charge in [0.25, 0.3) is 0 Å². The van der Waals surface area contributed by atoms with Crippen molar-refractivity contribution in [2.24, 2.45) is 5.41 Å². The highest BCUT2D eigenvalue weighted by Gasteiger charge is 2.21. The van der Waals surface area contributed by atoms with Crippen molar-refractivity contribution in [3.63, 3.8) is 0 Å². The summed E-state index contributed by atoms with van der Waals surface area (Å²) in [6.07, 6.45) is 0.139. The Hall–Kier alpha value is -1.22. The molecule has 0 saturated heterocycles. The molecule has 4 heteroatoms. The first-order valence-corrected chi connectivity index (χ1v) is 5.90. The maximum atomic E-state index is 10.7. The summed E-state index contributed by atoms with van der Waals surface area (Å²) in [5, 5.41) is 12.7. The van der Waals surface area contributed by atoms with Gasteiger partial charge in [0.05, 0.1) is 6.42 Å². The highest BCUT2D eigenvalue weighted by atomic mass is 35.5. The SMILES string of the molecule is Cc1ccc(Cl)cc1NCC(C)(C)CC(=O)O. The number of aliphatic carboxylic acids is 1. The van der Waals surface area contributed by atoms with E-state index in [0.29, 0.717) is 11.6 Å². The first kappa shape index (κ1) is 13.8. The smallest absolute Gasteiger partial charge is 0.303 e. The molecule has 0 aliphatic carbocycles. The minimum Gasteiger partial charge on any atom is -0.481 e. The van der Waals surface area contributed by atoms with Gasteiger partial charge >= 0.3 is 5.97 Å². The number of rotatable bonds is 5. The predicted molar refractivity (Wildman–Crippen MR) is 70.7 cm³/mol. The predicted octanol–water partition coefficient (Wildman–Crippen LogP) is 3.56. The summed E-state index contributed by atoms with van der Waals surface area (Å²) in [5.41, 5.74) is 1.76. The molecule has 0 spiro atoms. The molecule has 0 fully saturated rings. The zero-order valence-corrected chi connectivity index (χ0v) is 11.1. The molecule has 0 radical (unpaired) electrons. The highest BCUT2D eigenvalue weighted by Crippen LogP contribution is 2.24. The number of aryl methyl sites for hydroxylation is 1. The Bertz CT molecular complexity index is 416. The maximum Gasteiger partial charge on any atom is 0.303 e. The number of hydrogen-bond acceptors (Lipinski definition) is 2. The molecule has 0 amide bonds. The lowest BCUT2D eigenvalue weighted by atomic mass is 9.89. The van der Waals surface area contributed by atoms with Gasteiger partial charge in [0, 0.05) is 17.3 Å². The molecule has 0 aromatic heterocycles. The second kappa shape index (κ2) is 5.41. The van der Waals surface area contributed by atoms with E-state index in [1.165, 1.54) is 0 Å². The van der Waals surface area contributed by atoms with Crippen molar-refractivity contribution in [3.05, 3.63) is 28.8 Å². The summed E-state index contributed by atoms with van der Waals surface area (Å²) >= 11 is 5.92. The molecule has 1 rings (SSSR count). The van der Waals surface area contributed by atoms with Gasteiger partial charge in [-0.15, -0.1) is 0 Å². The molecule has 0 aliphatic rings. The first-order chi connectivity index (χ1) is 7.80. The Labute approximate surface area is 107 Å². The van der Waals surface area contributed by atoms with Crippen LogP contribution in [0.5, 0.6) is 0 Å². The molecular weight excluding hydrogens is 238 g/mol. The molecule has 94 valence electrons. The third kappa shape index (κ3) is 4.65. The molecule has 17 heavy (non-hydrogen) atoms. The summed E-state index contributed by atoms with van der Waals surface area (Å²) < 4.78 is 0. The number of carboxylic acid groups (broad SMARTS) is 1. The van der Waals surface area contributed by atoms with Gasteiger partial charge in [-0.05, 0) is 30.0 Å². The van der Waals surface area contributed by atoms with E-state index in [1.54, 1.807) is 0 Å². The van der Waals surface area contributed by atoms with Crippen LogP contribution in [-0.4, -0.2) is 17.6 Å². The van der Waals surface area contributed by atoms with Crippen LogP contribution < -0.4 is 5.32 Å². The first-order valence-electron chi connectivity index (χ1n) is 5.52.